The lowest BCUT2D eigenvalue weighted by Crippen LogP contribution is -2.41. The molecule has 29 heavy (non-hydrogen) atoms. The lowest BCUT2D eigenvalue weighted by atomic mass is 9.89. The Morgan fingerprint density at radius 3 is 2.83 bits per heavy atom. The first-order valence-corrected chi connectivity index (χ1v) is 10.2. The van der Waals surface area contributed by atoms with Gasteiger partial charge in [0.15, 0.2) is 22.9 Å². The van der Waals surface area contributed by atoms with E-state index in [1.54, 1.807) is 35.2 Å². The highest BCUT2D eigenvalue weighted by atomic mass is 79.9. The van der Waals surface area contributed by atoms with Gasteiger partial charge in [0.1, 0.15) is 0 Å². The van der Waals surface area contributed by atoms with E-state index in [2.05, 4.69) is 15.9 Å². The Hall–Kier alpha value is -2.64. The molecule has 0 aliphatic carbocycles. The molecule has 1 amide bonds. The Kier molecular flexibility index (Phi) is 5.19. The van der Waals surface area contributed by atoms with E-state index in [1.807, 2.05) is 19.1 Å². The van der Waals surface area contributed by atoms with Crippen LogP contribution in [0.2, 0.25) is 0 Å². The van der Waals surface area contributed by atoms with Gasteiger partial charge in [-0.15, -0.1) is 0 Å². The number of rotatable bonds is 6. The maximum absolute atomic E-state index is 13.0. The van der Waals surface area contributed by atoms with Crippen LogP contribution in [0.1, 0.15) is 30.9 Å². The molecule has 0 bridgehead atoms. The van der Waals surface area contributed by atoms with E-state index in [4.69, 9.17) is 9.47 Å². The summed E-state index contributed by atoms with van der Waals surface area (Å²) in [6.07, 6.45) is 3.44. The smallest absolute Gasteiger partial charge is 0.264 e. The van der Waals surface area contributed by atoms with Gasteiger partial charge in [0.2, 0.25) is 6.79 Å². The molecule has 0 radical (unpaired) electrons. The van der Waals surface area contributed by atoms with E-state index in [0.717, 1.165) is 16.5 Å². The van der Waals surface area contributed by atoms with Crippen LogP contribution in [0, 0.1) is 0 Å². The number of anilines is 1. The van der Waals surface area contributed by atoms with Crippen LogP contribution < -0.4 is 14.4 Å². The summed E-state index contributed by atoms with van der Waals surface area (Å²) in [5, 5.41) is 11.2. The van der Waals surface area contributed by atoms with E-state index in [-0.39, 0.29) is 19.0 Å². The SMILES string of the molecule is CCCN1C(=O)[C@](O)(CC(=O)/C=C/c2ccc3c(c2)OCO3)c2cc(Br)ccc21. The van der Waals surface area contributed by atoms with Crippen molar-refractivity contribution in [1.29, 1.82) is 0 Å². The molecule has 2 aromatic carbocycles. The van der Waals surface area contributed by atoms with E-state index >= 15 is 0 Å². The van der Waals surface area contributed by atoms with Gasteiger partial charge in [-0.3, -0.25) is 9.59 Å². The molecule has 150 valence electrons. The highest BCUT2D eigenvalue weighted by Crippen LogP contribution is 2.44. The van der Waals surface area contributed by atoms with Crippen LogP contribution in [-0.2, 0) is 15.2 Å². The quantitative estimate of drug-likeness (QED) is 0.667. The van der Waals surface area contributed by atoms with Crippen molar-refractivity contribution in [2.75, 3.05) is 18.2 Å². The second kappa shape index (κ2) is 7.65. The lowest BCUT2D eigenvalue weighted by molar-refractivity contribution is -0.140. The molecule has 0 aromatic heterocycles. The first-order valence-electron chi connectivity index (χ1n) is 9.37. The zero-order valence-electron chi connectivity index (χ0n) is 15.9. The second-order valence-corrected chi connectivity index (χ2v) is 7.98. The molecule has 0 unspecified atom stereocenters. The van der Waals surface area contributed by atoms with Gasteiger partial charge in [-0.1, -0.05) is 35.0 Å². The minimum Gasteiger partial charge on any atom is -0.454 e. The molecule has 6 nitrogen and oxygen atoms in total. The summed E-state index contributed by atoms with van der Waals surface area (Å²) in [7, 11) is 0. The average molecular weight is 458 g/mol. The minimum atomic E-state index is -1.87. The van der Waals surface area contributed by atoms with Crippen molar-refractivity contribution < 1.29 is 24.2 Å². The molecule has 7 heteroatoms. The van der Waals surface area contributed by atoms with Crippen LogP contribution in [0.5, 0.6) is 11.5 Å². The molecule has 1 atom stereocenters. The van der Waals surface area contributed by atoms with Crippen molar-refractivity contribution in [3.63, 3.8) is 0 Å². The fraction of sp³-hybridized carbons (Fsp3) is 0.273. The van der Waals surface area contributed by atoms with Crippen LogP contribution in [0.3, 0.4) is 0 Å². The molecule has 2 aliphatic heterocycles. The molecule has 1 N–H and O–H groups in total. The predicted molar refractivity (Wildman–Crippen MR) is 112 cm³/mol. The third kappa shape index (κ3) is 3.56. The maximum atomic E-state index is 13.0. The summed E-state index contributed by atoms with van der Waals surface area (Å²) in [5.41, 5.74) is -0.00160. The van der Waals surface area contributed by atoms with Crippen molar-refractivity contribution in [2.24, 2.45) is 0 Å². The maximum Gasteiger partial charge on any atom is 0.264 e. The Morgan fingerprint density at radius 1 is 1.24 bits per heavy atom. The summed E-state index contributed by atoms with van der Waals surface area (Å²) < 4.78 is 11.3. The fourth-order valence-corrected chi connectivity index (χ4v) is 4.02. The van der Waals surface area contributed by atoms with Crippen molar-refractivity contribution >= 4 is 39.4 Å². The van der Waals surface area contributed by atoms with Gasteiger partial charge in [0, 0.05) is 16.6 Å². The number of halogens is 1. The Labute approximate surface area is 176 Å². The number of ether oxygens (including phenoxy) is 2. The molecule has 2 aromatic rings. The third-order valence-electron chi connectivity index (χ3n) is 5.03. The number of fused-ring (bicyclic) bond motifs is 2. The molecule has 2 heterocycles. The minimum absolute atomic E-state index is 0.180. The first-order chi connectivity index (χ1) is 13.9. The average Bonchev–Trinajstić information content (AvgIpc) is 3.24. The van der Waals surface area contributed by atoms with Gasteiger partial charge in [-0.2, -0.15) is 0 Å². The van der Waals surface area contributed by atoms with E-state index in [1.165, 1.54) is 6.08 Å². The number of benzene rings is 2. The lowest BCUT2D eigenvalue weighted by Gasteiger charge is -2.22. The summed E-state index contributed by atoms with van der Waals surface area (Å²) in [6, 6.07) is 10.7. The molecule has 0 fully saturated rings. The van der Waals surface area contributed by atoms with Crippen LogP contribution in [0.25, 0.3) is 6.08 Å². The highest BCUT2D eigenvalue weighted by molar-refractivity contribution is 9.10. The third-order valence-corrected chi connectivity index (χ3v) is 5.52. The number of nitrogens with zero attached hydrogens (tertiary/aromatic N) is 1. The number of hydrogen-bond acceptors (Lipinski definition) is 5. The van der Waals surface area contributed by atoms with Crippen molar-refractivity contribution in [3.8, 4) is 11.5 Å². The number of aliphatic hydroxyl groups is 1. The zero-order valence-corrected chi connectivity index (χ0v) is 17.4. The number of hydrogen-bond donors (Lipinski definition) is 1. The molecule has 0 spiro atoms. The van der Waals surface area contributed by atoms with Crippen molar-refractivity contribution in [2.45, 2.75) is 25.4 Å². The summed E-state index contributed by atoms with van der Waals surface area (Å²) in [6.45, 7) is 2.62. The Balaban J connectivity index is 1.57. The van der Waals surface area contributed by atoms with Gasteiger partial charge >= 0.3 is 0 Å². The van der Waals surface area contributed by atoms with Crippen LogP contribution in [0.4, 0.5) is 5.69 Å². The van der Waals surface area contributed by atoms with Crippen LogP contribution >= 0.6 is 15.9 Å². The van der Waals surface area contributed by atoms with E-state index in [9.17, 15) is 14.7 Å². The largest absolute Gasteiger partial charge is 0.454 e. The standard InChI is InChI=1S/C22H20BrNO5/c1-2-9-24-18-7-5-15(23)11-17(18)22(27,21(24)26)12-16(25)6-3-14-4-8-19-20(10-14)29-13-28-19/h3-8,10-11,27H,2,9,12-13H2,1H3/b6-3+/t22-/m0/s1. The summed E-state index contributed by atoms with van der Waals surface area (Å²) >= 11 is 3.39. The van der Waals surface area contributed by atoms with E-state index in [0.29, 0.717) is 29.3 Å². The molecular formula is C22H20BrNO5. The number of carbonyl (C=O) groups is 2. The topological polar surface area (TPSA) is 76.1 Å². The Morgan fingerprint density at radius 2 is 2.03 bits per heavy atom. The van der Waals surface area contributed by atoms with Crippen molar-refractivity contribution in [1.82, 2.24) is 0 Å². The monoisotopic (exact) mass is 457 g/mol. The number of ketones is 1. The van der Waals surface area contributed by atoms with Gasteiger partial charge in [-0.05, 0) is 48.4 Å². The highest BCUT2D eigenvalue weighted by Gasteiger charge is 2.50. The molecule has 0 saturated carbocycles. The fourth-order valence-electron chi connectivity index (χ4n) is 3.66. The Bertz CT molecular complexity index is 1020. The van der Waals surface area contributed by atoms with Crippen LogP contribution in [-0.4, -0.2) is 30.1 Å². The number of carbonyl (C=O) groups excluding carboxylic acids is 2. The van der Waals surface area contributed by atoms with Crippen molar-refractivity contribution in [3.05, 3.63) is 58.1 Å². The first kappa shape index (κ1) is 19.7. The second-order valence-electron chi connectivity index (χ2n) is 7.07. The molecule has 0 saturated heterocycles. The molecule has 2 aliphatic rings. The zero-order chi connectivity index (χ0) is 20.6. The predicted octanol–water partition coefficient (Wildman–Crippen LogP) is 3.79. The summed E-state index contributed by atoms with van der Waals surface area (Å²) in [5.74, 6) is 0.482. The van der Waals surface area contributed by atoms with E-state index < -0.39 is 11.5 Å². The molecule has 4 rings (SSSR count). The van der Waals surface area contributed by atoms with Gasteiger partial charge in [-0.25, -0.2) is 0 Å². The number of allylic oxidation sites excluding steroid dienone is 1. The number of amides is 1. The normalized spacial score (nSPS) is 19.8. The molecular weight excluding hydrogens is 438 g/mol. The van der Waals surface area contributed by atoms with Crippen LogP contribution in [0.15, 0.2) is 46.9 Å². The van der Waals surface area contributed by atoms with Gasteiger partial charge in [0.05, 0.1) is 12.1 Å². The van der Waals surface area contributed by atoms with Gasteiger partial charge in [0.25, 0.3) is 5.91 Å². The van der Waals surface area contributed by atoms with Gasteiger partial charge < -0.3 is 19.5 Å². The summed E-state index contributed by atoms with van der Waals surface area (Å²) in [4.78, 5) is 27.2.